The first-order chi connectivity index (χ1) is 21.7. The maximum Gasteiger partial charge on any atom is 0.323 e. The second kappa shape index (κ2) is 20.0. The molecule has 2 aliphatic heterocycles. The fourth-order valence-electron chi connectivity index (χ4n) is 6.23. The van der Waals surface area contributed by atoms with Crippen LogP contribution in [0.4, 0.5) is 0 Å². The Labute approximate surface area is 289 Å². The standard InChI is InChI=1S/C32H47N5O7S.2ClH/c1-44-26-9-10-27-25(19-26)3-2-4-29(27)45(42,43)37-28(32(40)41)20-35-30(38)21-36-31(39)24(7-5-22-11-15-33-16-12-22)8-6-23-13-17-34-18-14-23;;/h2-4,9-10,19,22-24,28,33-34,37H,5-8,11-18,20-21H2,1H3,(H,35,38)(H,36,39)(H,40,41);2*1H/t28-;;/m0../s1. The number of nitrogens with one attached hydrogen (secondary N) is 5. The molecule has 2 aromatic rings. The van der Waals surface area contributed by atoms with Crippen molar-refractivity contribution in [2.45, 2.75) is 62.3 Å². The van der Waals surface area contributed by atoms with Gasteiger partial charge in [0, 0.05) is 17.8 Å². The van der Waals surface area contributed by atoms with E-state index in [1.807, 2.05) is 0 Å². The molecular formula is C32H49Cl2N5O7S. The average molecular weight is 719 g/mol. The number of carboxylic acids is 1. The summed E-state index contributed by atoms with van der Waals surface area (Å²) >= 11 is 0. The maximum atomic E-state index is 13.2. The van der Waals surface area contributed by atoms with Gasteiger partial charge >= 0.3 is 5.97 Å². The van der Waals surface area contributed by atoms with E-state index >= 15 is 0 Å². The minimum atomic E-state index is -4.27. The third kappa shape index (κ3) is 12.4. The number of methoxy groups -OCH3 is 1. The van der Waals surface area contributed by atoms with Gasteiger partial charge < -0.3 is 31.1 Å². The summed E-state index contributed by atoms with van der Waals surface area (Å²) in [5, 5.41) is 22.7. The lowest BCUT2D eigenvalue weighted by molar-refractivity contribution is -0.139. The van der Waals surface area contributed by atoms with Crippen molar-refractivity contribution in [3.05, 3.63) is 36.4 Å². The topological polar surface area (TPSA) is 175 Å². The number of aliphatic carboxylic acids is 1. The molecule has 0 aliphatic carbocycles. The number of carboxylic acid groups (broad SMARTS) is 1. The van der Waals surface area contributed by atoms with Crippen molar-refractivity contribution in [1.29, 1.82) is 0 Å². The minimum absolute atomic E-state index is 0. The van der Waals surface area contributed by atoms with Gasteiger partial charge in [-0.15, -0.1) is 24.8 Å². The number of carbonyl (C=O) groups excluding carboxylic acids is 2. The number of rotatable bonds is 16. The maximum absolute atomic E-state index is 13.2. The van der Waals surface area contributed by atoms with E-state index < -0.39 is 34.5 Å². The van der Waals surface area contributed by atoms with Crippen molar-refractivity contribution in [2.75, 3.05) is 46.4 Å². The van der Waals surface area contributed by atoms with Gasteiger partial charge in [-0.3, -0.25) is 14.4 Å². The Hall–Kier alpha value is -2.68. The lowest BCUT2D eigenvalue weighted by Crippen LogP contribution is -2.50. The second-order valence-corrected chi connectivity index (χ2v) is 13.8. The summed E-state index contributed by atoms with van der Waals surface area (Å²) in [5.41, 5.74) is 0. The zero-order valence-electron chi connectivity index (χ0n) is 26.8. The zero-order chi connectivity index (χ0) is 32.2. The molecule has 6 N–H and O–H groups in total. The van der Waals surface area contributed by atoms with E-state index in [0.29, 0.717) is 28.4 Å². The van der Waals surface area contributed by atoms with Crippen LogP contribution < -0.4 is 30.7 Å². The fourth-order valence-corrected chi connectivity index (χ4v) is 7.65. The van der Waals surface area contributed by atoms with E-state index in [1.165, 1.54) is 13.2 Å². The normalized spacial score (nSPS) is 16.5. The number of carbonyl (C=O) groups is 3. The number of piperidine rings is 2. The van der Waals surface area contributed by atoms with Crippen molar-refractivity contribution in [2.24, 2.45) is 17.8 Å². The molecule has 2 amide bonds. The fraction of sp³-hybridized carbons (Fsp3) is 0.594. The highest BCUT2D eigenvalue weighted by atomic mass is 35.5. The molecule has 2 aliphatic rings. The number of hydrogen-bond acceptors (Lipinski definition) is 8. The van der Waals surface area contributed by atoms with Crippen LogP contribution in [-0.2, 0) is 24.4 Å². The van der Waals surface area contributed by atoms with Crippen LogP contribution in [0.15, 0.2) is 41.3 Å². The molecule has 2 heterocycles. The molecule has 264 valence electrons. The van der Waals surface area contributed by atoms with Crippen LogP contribution in [0.3, 0.4) is 0 Å². The molecule has 0 saturated carbocycles. The van der Waals surface area contributed by atoms with Crippen LogP contribution in [0.2, 0.25) is 0 Å². The SMILES string of the molecule is COc1ccc2c(S(=O)(=O)N[C@@H](CNC(=O)CNC(=O)C(CCC3CCNCC3)CCC3CCNCC3)C(=O)O)cccc2c1.Cl.Cl. The van der Waals surface area contributed by atoms with E-state index in [0.717, 1.165) is 77.5 Å². The molecule has 12 nitrogen and oxygen atoms in total. The number of fused-ring (bicyclic) bond motifs is 1. The van der Waals surface area contributed by atoms with Gasteiger partial charge in [-0.25, -0.2) is 8.42 Å². The van der Waals surface area contributed by atoms with E-state index in [4.69, 9.17) is 4.74 Å². The molecule has 2 fully saturated rings. The van der Waals surface area contributed by atoms with Crippen LogP contribution in [0.5, 0.6) is 5.75 Å². The summed E-state index contributed by atoms with van der Waals surface area (Å²) in [6.45, 7) is 3.20. The van der Waals surface area contributed by atoms with Gasteiger partial charge in [0.05, 0.1) is 18.6 Å². The summed E-state index contributed by atoms with van der Waals surface area (Å²) in [6, 6.07) is 7.95. The molecule has 47 heavy (non-hydrogen) atoms. The van der Waals surface area contributed by atoms with Gasteiger partial charge in [0.25, 0.3) is 0 Å². The minimum Gasteiger partial charge on any atom is -0.497 e. The third-order valence-electron chi connectivity index (χ3n) is 8.99. The van der Waals surface area contributed by atoms with Crippen molar-refractivity contribution in [1.82, 2.24) is 26.0 Å². The van der Waals surface area contributed by atoms with E-state index in [-0.39, 0.29) is 48.1 Å². The summed E-state index contributed by atoms with van der Waals surface area (Å²) in [5.74, 6) is -0.660. The second-order valence-electron chi connectivity index (χ2n) is 12.1. The molecule has 15 heteroatoms. The summed E-state index contributed by atoms with van der Waals surface area (Å²) in [4.78, 5) is 37.7. The number of hydrogen-bond donors (Lipinski definition) is 6. The van der Waals surface area contributed by atoms with Gasteiger partial charge in [0.2, 0.25) is 21.8 Å². The van der Waals surface area contributed by atoms with Crippen LogP contribution in [-0.4, -0.2) is 83.7 Å². The molecule has 0 unspecified atom stereocenters. The predicted octanol–water partition coefficient (Wildman–Crippen LogP) is 2.83. The van der Waals surface area contributed by atoms with E-state index in [1.54, 1.807) is 30.3 Å². The third-order valence-corrected chi connectivity index (χ3v) is 10.5. The van der Waals surface area contributed by atoms with Gasteiger partial charge in [-0.05, 0) is 119 Å². The largest absolute Gasteiger partial charge is 0.497 e. The first-order valence-electron chi connectivity index (χ1n) is 15.9. The van der Waals surface area contributed by atoms with Crippen molar-refractivity contribution < 1.29 is 32.6 Å². The lowest BCUT2D eigenvalue weighted by atomic mass is 9.84. The highest BCUT2D eigenvalue weighted by molar-refractivity contribution is 7.89. The number of halogens is 2. The molecule has 2 saturated heterocycles. The van der Waals surface area contributed by atoms with E-state index in [9.17, 15) is 27.9 Å². The Morgan fingerprint density at radius 2 is 1.51 bits per heavy atom. The summed E-state index contributed by atoms with van der Waals surface area (Å²) in [7, 11) is -2.76. The van der Waals surface area contributed by atoms with Gasteiger partial charge in [-0.1, -0.05) is 12.1 Å². The van der Waals surface area contributed by atoms with Gasteiger partial charge in [0.1, 0.15) is 11.8 Å². The van der Waals surface area contributed by atoms with Crippen LogP contribution >= 0.6 is 24.8 Å². The molecule has 1 atom stereocenters. The Kier molecular flexibility index (Phi) is 17.2. The first-order valence-corrected chi connectivity index (χ1v) is 17.4. The first kappa shape index (κ1) is 40.5. The Morgan fingerprint density at radius 1 is 0.915 bits per heavy atom. The van der Waals surface area contributed by atoms with Crippen LogP contribution in [0.1, 0.15) is 51.4 Å². The molecule has 4 rings (SSSR count). The molecule has 0 spiro atoms. The van der Waals surface area contributed by atoms with Crippen molar-refractivity contribution in [3.8, 4) is 5.75 Å². The number of ether oxygens (including phenoxy) is 1. The number of sulfonamides is 1. The lowest BCUT2D eigenvalue weighted by Gasteiger charge is -2.27. The average Bonchev–Trinajstić information content (AvgIpc) is 3.05. The molecule has 0 aromatic heterocycles. The molecule has 0 bridgehead atoms. The highest BCUT2D eigenvalue weighted by Crippen LogP contribution is 2.28. The smallest absolute Gasteiger partial charge is 0.323 e. The van der Waals surface area contributed by atoms with Crippen molar-refractivity contribution >= 4 is 63.4 Å². The van der Waals surface area contributed by atoms with Crippen molar-refractivity contribution in [3.63, 3.8) is 0 Å². The Morgan fingerprint density at radius 3 is 2.06 bits per heavy atom. The quantitative estimate of drug-likeness (QED) is 0.153. The molecular weight excluding hydrogens is 669 g/mol. The van der Waals surface area contributed by atoms with Gasteiger partial charge in [0.15, 0.2) is 0 Å². The predicted molar refractivity (Wildman–Crippen MR) is 186 cm³/mol. The van der Waals surface area contributed by atoms with Crippen LogP contribution in [0.25, 0.3) is 10.8 Å². The monoisotopic (exact) mass is 717 g/mol. The zero-order valence-corrected chi connectivity index (χ0v) is 29.2. The number of amides is 2. The summed E-state index contributed by atoms with van der Waals surface area (Å²) in [6.07, 6.45) is 7.92. The highest BCUT2D eigenvalue weighted by Gasteiger charge is 2.28. The Balaban J connectivity index is 0.00000384. The van der Waals surface area contributed by atoms with Gasteiger partial charge in [-0.2, -0.15) is 4.72 Å². The Bertz CT molecular complexity index is 1400. The van der Waals surface area contributed by atoms with E-state index in [2.05, 4.69) is 26.0 Å². The van der Waals surface area contributed by atoms with Crippen LogP contribution in [0, 0.1) is 17.8 Å². The number of benzene rings is 2. The summed E-state index contributed by atoms with van der Waals surface area (Å²) < 4.78 is 33.8. The molecule has 2 aromatic carbocycles. The molecule has 0 radical (unpaired) electrons.